The fourth-order valence-electron chi connectivity index (χ4n) is 2.48. The second-order valence-electron chi connectivity index (χ2n) is 5.92. The number of hydrogen-bond acceptors (Lipinski definition) is 4. The summed E-state index contributed by atoms with van der Waals surface area (Å²) in [5.74, 6) is 0. The van der Waals surface area contributed by atoms with Crippen LogP contribution in [0.3, 0.4) is 0 Å². The largest absolute Gasteiger partial charge is 0.529 e. The Kier molecular flexibility index (Phi) is 14.6. The van der Waals surface area contributed by atoms with Crippen LogP contribution in [0.25, 0.3) is 0 Å². The maximum atomic E-state index is 10.3. The van der Waals surface area contributed by atoms with E-state index in [-0.39, 0.29) is 6.61 Å². The Morgan fingerprint density at radius 3 is 1.33 bits per heavy atom. The van der Waals surface area contributed by atoms with Gasteiger partial charge in [0.15, 0.2) is 0 Å². The van der Waals surface area contributed by atoms with Crippen LogP contribution in [-0.2, 0) is 4.84 Å². The van der Waals surface area contributed by atoms with Gasteiger partial charge in [0.25, 0.3) is 0 Å². The minimum atomic E-state index is -2.63. The van der Waals surface area contributed by atoms with Crippen LogP contribution in [0.5, 0.6) is 0 Å². The first-order valence-corrected chi connectivity index (χ1v) is 8.76. The van der Waals surface area contributed by atoms with Gasteiger partial charge in [0.05, 0.1) is 5.14 Å². The van der Waals surface area contributed by atoms with E-state index in [9.17, 15) is 5.21 Å². The average Bonchev–Trinajstić information content (AvgIpc) is 2.42. The molecule has 0 aromatic rings. The molecular weight excluding hydrogens is 270 g/mol. The lowest BCUT2D eigenvalue weighted by atomic mass is 10.0. The lowest BCUT2D eigenvalue weighted by Crippen LogP contribution is -2.34. The van der Waals surface area contributed by atoms with E-state index in [1.54, 1.807) is 0 Å². The third kappa shape index (κ3) is 19.8. The van der Waals surface area contributed by atoms with Gasteiger partial charge in [-0.3, -0.25) is 0 Å². The minimum Gasteiger partial charge on any atom is -0.529 e. The molecule has 128 valence electrons. The summed E-state index contributed by atoms with van der Waals surface area (Å²) in [5, 5.41) is 24.3. The Labute approximate surface area is 129 Å². The molecule has 0 spiro atoms. The summed E-state index contributed by atoms with van der Waals surface area (Å²) in [6, 6.07) is 0. The molecule has 0 aliphatic carbocycles. The van der Waals surface area contributed by atoms with E-state index in [0.717, 1.165) is 12.8 Å². The molecule has 2 N–H and O–H groups in total. The molecule has 21 heavy (non-hydrogen) atoms. The summed E-state index contributed by atoms with van der Waals surface area (Å²) >= 11 is 0. The molecule has 0 fully saturated rings. The third-order valence-corrected chi connectivity index (χ3v) is 3.76. The van der Waals surface area contributed by atoms with Crippen LogP contribution in [0.2, 0.25) is 0 Å². The van der Waals surface area contributed by atoms with Gasteiger partial charge in [0.1, 0.15) is 6.61 Å². The third-order valence-electron chi connectivity index (χ3n) is 3.76. The summed E-state index contributed by atoms with van der Waals surface area (Å²) < 4.78 is 0. The normalized spacial score (nSPS) is 12.0. The fraction of sp³-hybridized carbons (Fsp3) is 1.00. The topological polar surface area (TPSA) is 72.8 Å². The zero-order chi connectivity index (χ0) is 15.8. The first kappa shape index (κ1) is 20.8. The summed E-state index contributed by atoms with van der Waals surface area (Å²) in [6.45, 7) is 2.34. The number of nitrogens with zero attached hydrogens (tertiary/aromatic N) is 1. The van der Waals surface area contributed by atoms with Crippen molar-refractivity contribution in [2.75, 3.05) is 6.61 Å². The van der Waals surface area contributed by atoms with Gasteiger partial charge in [0.2, 0.25) is 0 Å². The van der Waals surface area contributed by atoms with Crippen LogP contribution in [-0.4, -0.2) is 22.2 Å². The Hall–Kier alpha value is -0.200. The highest BCUT2D eigenvalue weighted by Crippen LogP contribution is 2.13. The van der Waals surface area contributed by atoms with E-state index in [1.807, 2.05) is 0 Å². The number of hydrogen-bond donors (Lipinski definition) is 2. The Morgan fingerprint density at radius 2 is 1.00 bits per heavy atom. The van der Waals surface area contributed by atoms with Crippen molar-refractivity contribution in [2.24, 2.45) is 0 Å². The monoisotopic (exact) mass is 305 g/mol. The standard InChI is InChI=1S/C16H35NO4/c1-2-3-4-5-6-7-8-9-10-11-12-13-14-15-16-21-17(18,19)20/h18-19H,2-16H2,1H3. The Bertz CT molecular complexity index is 207. The first-order chi connectivity index (χ1) is 10.1. The Morgan fingerprint density at radius 1 is 0.667 bits per heavy atom. The molecule has 0 saturated carbocycles. The number of rotatable bonds is 16. The van der Waals surface area contributed by atoms with Crippen LogP contribution in [0.15, 0.2) is 0 Å². The van der Waals surface area contributed by atoms with Crippen molar-refractivity contribution >= 4 is 0 Å². The van der Waals surface area contributed by atoms with Crippen molar-refractivity contribution in [3.63, 3.8) is 0 Å². The SMILES string of the molecule is CCCCCCCCCCCCCCCCO[N+]([O-])(O)O. The maximum Gasteiger partial charge on any atom is 0.115 e. The molecule has 0 atom stereocenters. The second-order valence-corrected chi connectivity index (χ2v) is 5.92. The molecule has 0 amide bonds. The molecule has 0 radical (unpaired) electrons. The molecule has 0 aliphatic heterocycles. The van der Waals surface area contributed by atoms with Crippen LogP contribution in [0.1, 0.15) is 96.8 Å². The smallest absolute Gasteiger partial charge is 0.115 e. The minimum absolute atomic E-state index is 0.0918. The van der Waals surface area contributed by atoms with Crippen LogP contribution < -0.4 is 0 Å². The number of unbranched alkanes of at least 4 members (excludes halogenated alkanes) is 13. The molecule has 0 aromatic carbocycles. The molecule has 5 heteroatoms. The van der Waals surface area contributed by atoms with E-state index < -0.39 is 5.14 Å². The van der Waals surface area contributed by atoms with Crippen LogP contribution in [0, 0.1) is 5.21 Å². The quantitative estimate of drug-likeness (QED) is 0.224. The molecule has 0 saturated heterocycles. The highest BCUT2D eigenvalue weighted by atomic mass is 17.3. The lowest BCUT2D eigenvalue weighted by Gasteiger charge is -2.19. The summed E-state index contributed by atoms with van der Waals surface area (Å²) in [5.41, 5.74) is 0. The zero-order valence-corrected chi connectivity index (χ0v) is 13.8. The van der Waals surface area contributed by atoms with E-state index in [1.165, 1.54) is 70.6 Å². The van der Waals surface area contributed by atoms with Gasteiger partial charge < -0.3 is 5.21 Å². The van der Waals surface area contributed by atoms with Gasteiger partial charge in [-0.25, -0.2) is 0 Å². The van der Waals surface area contributed by atoms with Crippen molar-refractivity contribution in [3.05, 3.63) is 5.21 Å². The highest BCUT2D eigenvalue weighted by Gasteiger charge is 2.08. The van der Waals surface area contributed by atoms with Gasteiger partial charge >= 0.3 is 0 Å². The summed E-state index contributed by atoms with van der Waals surface area (Å²) in [7, 11) is 0. The van der Waals surface area contributed by atoms with E-state index in [4.69, 9.17) is 10.4 Å². The van der Waals surface area contributed by atoms with Crippen LogP contribution >= 0.6 is 0 Å². The van der Waals surface area contributed by atoms with E-state index >= 15 is 0 Å². The van der Waals surface area contributed by atoms with Crippen molar-refractivity contribution in [1.29, 1.82) is 0 Å². The van der Waals surface area contributed by atoms with Crippen molar-refractivity contribution in [3.8, 4) is 0 Å². The Balaban J connectivity index is 3.00. The molecule has 0 aromatic heterocycles. The van der Waals surface area contributed by atoms with Crippen molar-refractivity contribution < 1.29 is 20.4 Å². The van der Waals surface area contributed by atoms with Crippen LogP contribution in [0.4, 0.5) is 0 Å². The van der Waals surface area contributed by atoms with E-state index in [0.29, 0.717) is 6.42 Å². The van der Waals surface area contributed by atoms with Gasteiger partial charge in [-0.05, 0) is 6.42 Å². The predicted octanol–water partition coefficient (Wildman–Crippen LogP) is 5.49. The molecular formula is C16H35NO4. The van der Waals surface area contributed by atoms with Crippen molar-refractivity contribution in [2.45, 2.75) is 96.8 Å². The number of quaternary nitrogens is 1. The molecule has 5 nitrogen and oxygen atoms in total. The molecule has 0 unspecified atom stereocenters. The maximum absolute atomic E-state index is 10.3. The summed E-state index contributed by atoms with van der Waals surface area (Å²) in [6.07, 6.45) is 17.6. The van der Waals surface area contributed by atoms with Gasteiger partial charge in [-0.1, -0.05) is 90.4 Å². The second kappa shape index (κ2) is 14.7. The van der Waals surface area contributed by atoms with E-state index in [2.05, 4.69) is 11.8 Å². The lowest BCUT2D eigenvalue weighted by molar-refractivity contribution is -1.34. The zero-order valence-electron chi connectivity index (χ0n) is 13.8. The fourth-order valence-corrected chi connectivity index (χ4v) is 2.48. The van der Waals surface area contributed by atoms with Gasteiger partial charge in [-0.15, -0.1) is 15.3 Å². The first-order valence-electron chi connectivity index (χ1n) is 8.76. The van der Waals surface area contributed by atoms with Gasteiger partial charge in [0, 0.05) is 0 Å². The molecule has 0 rings (SSSR count). The van der Waals surface area contributed by atoms with Gasteiger partial charge in [-0.2, -0.15) is 0 Å². The average molecular weight is 305 g/mol. The summed E-state index contributed by atoms with van der Waals surface area (Å²) in [4.78, 5) is 4.23. The molecule has 0 aliphatic rings. The highest BCUT2D eigenvalue weighted by molar-refractivity contribution is 4.49. The molecule has 0 bridgehead atoms. The van der Waals surface area contributed by atoms with Crippen molar-refractivity contribution in [1.82, 2.24) is 0 Å². The predicted molar refractivity (Wildman–Crippen MR) is 83.5 cm³/mol. The molecule has 0 heterocycles.